The van der Waals surface area contributed by atoms with Gasteiger partial charge in [-0.05, 0) is 30.9 Å². The van der Waals surface area contributed by atoms with Gasteiger partial charge in [-0.3, -0.25) is 9.48 Å². The molecule has 1 aromatic carbocycles. The van der Waals surface area contributed by atoms with E-state index in [-0.39, 0.29) is 23.7 Å². The molecular weight excluding hydrogens is 319 g/mol. The highest BCUT2D eigenvalue weighted by atomic mass is 19.1. The number of amides is 1. The van der Waals surface area contributed by atoms with Crippen LogP contribution in [0.2, 0.25) is 0 Å². The molecule has 2 aliphatic heterocycles. The van der Waals surface area contributed by atoms with Crippen LogP contribution in [0.4, 0.5) is 4.39 Å². The number of halogens is 1. The number of aromatic nitrogens is 2. The number of piperidine rings is 1. The number of hydrogen-bond acceptors (Lipinski definition) is 3. The Hall–Kier alpha value is -2.21. The molecule has 6 heteroatoms. The maximum absolute atomic E-state index is 14.1. The van der Waals surface area contributed by atoms with Crippen LogP contribution in [-0.4, -0.2) is 39.7 Å². The first-order chi connectivity index (χ1) is 12.1. The van der Waals surface area contributed by atoms with Crippen LogP contribution in [0.3, 0.4) is 0 Å². The average Bonchev–Trinajstić information content (AvgIpc) is 3.04. The number of rotatable bonds is 2. The highest BCUT2D eigenvalue weighted by Crippen LogP contribution is 2.30. The Morgan fingerprint density at radius 2 is 2.08 bits per heavy atom. The zero-order valence-corrected chi connectivity index (χ0v) is 14.2. The second kappa shape index (κ2) is 6.59. The van der Waals surface area contributed by atoms with E-state index in [1.165, 1.54) is 6.07 Å². The molecule has 25 heavy (non-hydrogen) atoms. The third-order valence-corrected chi connectivity index (χ3v) is 5.40. The lowest BCUT2D eigenvalue weighted by molar-refractivity contribution is 0.0704. The minimum atomic E-state index is -0.185. The van der Waals surface area contributed by atoms with E-state index in [0.29, 0.717) is 30.6 Å². The summed E-state index contributed by atoms with van der Waals surface area (Å²) < 4.78 is 16.0. The number of carbonyl (C=O) groups is 1. The minimum absolute atomic E-state index is 0.00334. The average molecular weight is 342 g/mol. The third-order valence-electron chi connectivity index (χ3n) is 5.40. The fraction of sp³-hybridized carbons (Fsp3) is 0.474. The number of aryl methyl sites for hydroxylation is 1. The number of fused-ring (bicyclic) bond motifs is 1. The lowest BCUT2D eigenvalue weighted by atomic mass is 9.90. The van der Waals surface area contributed by atoms with Gasteiger partial charge in [-0.25, -0.2) is 4.39 Å². The molecule has 2 unspecified atom stereocenters. The normalized spacial score (nSPS) is 23.4. The van der Waals surface area contributed by atoms with E-state index in [2.05, 4.69) is 5.10 Å². The predicted octanol–water partition coefficient (Wildman–Crippen LogP) is 2.32. The zero-order chi connectivity index (χ0) is 17.4. The summed E-state index contributed by atoms with van der Waals surface area (Å²) in [6.07, 6.45) is 5.03. The van der Waals surface area contributed by atoms with E-state index in [9.17, 15) is 9.18 Å². The summed E-state index contributed by atoms with van der Waals surface area (Å²) in [6, 6.07) is 6.96. The highest BCUT2D eigenvalue weighted by molar-refractivity contribution is 5.95. The lowest BCUT2D eigenvalue weighted by Gasteiger charge is -2.33. The molecule has 1 aromatic heterocycles. The second-order valence-corrected chi connectivity index (χ2v) is 7.09. The van der Waals surface area contributed by atoms with Gasteiger partial charge in [0.05, 0.1) is 17.5 Å². The molecule has 2 atom stereocenters. The summed E-state index contributed by atoms with van der Waals surface area (Å²) >= 11 is 0. The van der Waals surface area contributed by atoms with Crippen molar-refractivity contribution < 1.29 is 9.18 Å². The molecule has 4 rings (SSSR count). The van der Waals surface area contributed by atoms with Crippen molar-refractivity contribution in [1.29, 1.82) is 0 Å². The standard InChI is InChI=1S/C19H23FN4O/c20-17-6-2-1-5-15(17)13-4-3-8-23(12-13)19(25)16-11-22-24-9-7-14(21)10-18(16)24/h1-2,5-6,11,13-14H,3-4,7-10,12,21H2. The van der Waals surface area contributed by atoms with Gasteiger partial charge >= 0.3 is 0 Å². The van der Waals surface area contributed by atoms with Crippen LogP contribution in [0.1, 0.15) is 46.8 Å². The third kappa shape index (κ3) is 3.06. The molecule has 5 nitrogen and oxygen atoms in total. The van der Waals surface area contributed by atoms with E-state index in [0.717, 1.165) is 31.5 Å². The Morgan fingerprint density at radius 3 is 2.92 bits per heavy atom. The largest absolute Gasteiger partial charge is 0.338 e. The van der Waals surface area contributed by atoms with Gasteiger partial charge in [0, 0.05) is 38.0 Å². The smallest absolute Gasteiger partial charge is 0.257 e. The summed E-state index contributed by atoms with van der Waals surface area (Å²) in [7, 11) is 0. The number of benzene rings is 1. The molecule has 0 aliphatic carbocycles. The minimum Gasteiger partial charge on any atom is -0.338 e. The van der Waals surface area contributed by atoms with Crippen LogP contribution < -0.4 is 5.73 Å². The van der Waals surface area contributed by atoms with Crippen LogP contribution in [-0.2, 0) is 13.0 Å². The lowest BCUT2D eigenvalue weighted by Crippen LogP contribution is -2.40. The Morgan fingerprint density at radius 1 is 1.24 bits per heavy atom. The van der Waals surface area contributed by atoms with E-state index < -0.39 is 0 Å². The van der Waals surface area contributed by atoms with E-state index in [1.54, 1.807) is 12.3 Å². The Labute approximate surface area is 146 Å². The van der Waals surface area contributed by atoms with Crippen molar-refractivity contribution in [2.45, 2.75) is 44.2 Å². The topological polar surface area (TPSA) is 64.2 Å². The summed E-state index contributed by atoms with van der Waals surface area (Å²) in [5, 5.41) is 4.35. The molecule has 0 bridgehead atoms. The summed E-state index contributed by atoms with van der Waals surface area (Å²) in [5.74, 6) is -0.139. The number of carbonyl (C=O) groups excluding carboxylic acids is 1. The molecule has 0 radical (unpaired) electrons. The van der Waals surface area contributed by atoms with Crippen molar-refractivity contribution in [3.05, 3.63) is 53.1 Å². The van der Waals surface area contributed by atoms with Crippen LogP contribution in [0.15, 0.2) is 30.5 Å². The van der Waals surface area contributed by atoms with Crippen molar-refractivity contribution in [2.24, 2.45) is 5.73 Å². The summed E-state index contributed by atoms with van der Waals surface area (Å²) in [5.41, 5.74) is 8.37. The van der Waals surface area contributed by atoms with Gasteiger partial charge in [-0.15, -0.1) is 0 Å². The number of likely N-dealkylation sites (tertiary alicyclic amines) is 1. The van der Waals surface area contributed by atoms with Gasteiger partial charge in [0.1, 0.15) is 5.82 Å². The monoisotopic (exact) mass is 342 g/mol. The SMILES string of the molecule is NC1CCn2ncc(C(=O)N3CCCC(c4ccccc4F)C3)c2C1. The Balaban J connectivity index is 1.55. The highest BCUT2D eigenvalue weighted by Gasteiger charge is 2.30. The van der Waals surface area contributed by atoms with Crippen LogP contribution in [0.25, 0.3) is 0 Å². The molecule has 2 N–H and O–H groups in total. The molecule has 1 amide bonds. The van der Waals surface area contributed by atoms with Crippen LogP contribution in [0.5, 0.6) is 0 Å². The van der Waals surface area contributed by atoms with Crippen molar-refractivity contribution in [3.63, 3.8) is 0 Å². The molecule has 0 saturated carbocycles. The zero-order valence-electron chi connectivity index (χ0n) is 14.2. The summed E-state index contributed by atoms with van der Waals surface area (Å²) in [6.45, 7) is 2.03. The van der Waals surface area contributed by atoms with Gasteiger partial charge in [-0.1, -0.05) is 18.2 Å². The molecule has 1 fully saturated rings. The fourth-order valence-electron chi connectivity index (χ4n) is 4.03. The molecule has 2 aliphatic rings. The maximum atomic E-state index is 14.1. The molecule has 3 heterocycles. The van der Waals surface area contributed by atoms with Gasteiger partial charge < -0.3 is 10.6 Å². The van der Waals surface area contributed by atoms with E-state index >= 15 is 0 Å². The first-order valence-electron chi connectivity index (χ1n) is 8.97. The Kier molecular flexibility index (Phi) is 4.29. The van der Waals surface area contributed by atoms with Crippen LogP contribution in [0, 0.1) is 5.82 Å². The van der Waals surface area contributed by atoms with Crippen molar-refractivity contribution >= 4 is 5.91 Å². The second-order valence-electron chi connectivity index (χ2n) is 7.09. The number of hydrogen-bond donors (Lipinski definition) is 1. The molecular formula is C19H23FN4O. The van der Waals surface area contributed by atoms with E-state index in [4.69, 9.17) is 5.73 Å². The first-order valence-corrected chi connectivity index (χ1v) is 8.97. The van der Waals surface area contributed by atoms with Gasteiger partial charge in [0.25, 0.3) is 5.91 Å². The number of nitrogens with two attached hydrogens (primary N) is 1. The Bertz CT molecular complexity index is 787. The summed E-state index contributed by atoms with van der Waals surface area (Å²) in [4.78, 5) is 14.9. The molecule has 1 saturated heterocycles. The van der Waals surface area contributed by atoms with E-state index in [1.807, 2.05) is 21.7 Å². The van der Waals surface area contributed by atoms with Crippen molar-refractivity contribution in [3.8, 4) is 0 Å². The van der Waals surface area contributed by atoms with Gasteiger partial charge in [-0.2, -0.15) is 5.10 Å². The van der Waals surface area contributed by atoms with Gasteiger partial charge in [0.2, 0.25) is 0 Å². The van der Waals surface area contributed by atoms with Crippen molar-refractivity contribution in [1.82, 2.24) is 14.7 Å². The predicted molar refractivity (Wildman–Crippen MR) is 92.8 cm³/mol. The van der Waals surface area contributed by atoms with Crippen molar-refractivity contribution in [2.75, 3.05) is 13.1 Å². The number of nitrogens with zero attached hydrogens (tertiary/aromatic N) is 3. The molecule has 0 spiro atoms. The van der Waals surface area contributed by atoms with Crippen LogP contribution >= 0.6 is 0 Å². The fourth-order valence-corrected chi connectivity index (χ4v) is 4.03. The first kappa shape index (κ1) is 16.3. The van der Waals surface area contributed by atoms with Gasteiger partial charge in [0.15, 0.2) is 0 Å². The molecule has 132 valence electrons. The quantitative estimate of drug-likeness (QED) is 0.911. The molecule has 2 aromatic rings. The maximum Gasteiger partial charge on any atom is 0.257 e.